The van der Waals surface area contributed by atoms with Gasteiger partial charge in [0.25, 0.3) is 0 Å². The van der Waals surface area contributed by atoms with Crippen molar-refractivity contribution < 1.29 is 8.42 Å². The highest BCUT2D eigenvalue weighted by Crippen LogP contribution is 2.37. The number of sulfonamides is 1. The summed E-state index contributed by atoms with van der Waals surface area (Å²) in [7, 11) is -3.25. The minimum Gasteiger partial charge on any atom is -0.267 e. The SMILES string of the molecule is CC1Cc2cc(-c3csc(-c4ccccc4)n3)ccc2N1S(C)(=O)=O. The third-order valence-electron chi connectivity index (χ3n) is 4.41. The fourth-order valence-electron chi connectivity index (χ4n) is 3.39. The van der Waals surface area contributed by atoms with Crippen molar-refractivity contribution in [2.45, 2.75) is 19.4 Å². The fraction of sp³-hybridized carbons (Fsp3) is 0.211. The Bertz CT molecular complexity index is 1030. The number of hydrogen-bond acceptors (Lipinski definition) is 4. The average molecular weight is 370 g/mol. The molecular formula is C19H18N2O2S2. The van der Waals surface area contributed by atoms with E-state index in [0.29, 0.717) is 0 Å². The Morgan fingerprint density at radius 2 is 1.88 bits per heavy atom. The minimum atomic E-state index is -3.25. The van der Waals surface area contributed by atoms with Gasteiger partial charge in [0.05, 0.1) is 17.6 Å². The Labute approximate surface area is 151 Å². The molecule has 1 unspecified atom stereocenters. The molecule has 1 atom stereocenters. The van der Waals surface area contributed by atoms with Gasteiger partial charge < -0.3 is 0 Å². The molecule has 0 fully saturated rings. The van der Waals surface area contributed by atoms with Crippen molar-refractivity contribution in [3.8, 4) is 21.8 Å². The molecular weight excluding hydrogens is 352 g/mol. The average Bonchev–Trinajstić information content (AvgIpc) is 3.18. The van der Waals surface area contributed by atoms with Crippen LogP contribution >= 0.6 is 11.3 Å². The van der Waals surface area contributed by atoms with Gasteiger partial charge in [-0.1, -0.05) is 36.4 Å². The van der Waals surface area contributed by atoms with E-state index >= 15 is 0 Å². The second-order valence-corrected chi connectivity index (χ2v) is 9.08. The fourth-order valence-corrected chi connectivity index (χ4v) is 5.49. The van der Waals surface area contributed by atoms with Gasteiger partial charge in [-0.25, -0.2) is 13.4 Å². The number of nitrogens with zero attached hydrogens (tertiary/aromatic N) is 2. The molecule has 0 spiro atoms. The Hall–Kier alpha value is -2.18. The molecule has 1 aromatic heterocycles. The minimum absolute atomic E-state index is 0.0458. The maximum absolute atomic E-state index is 12.0. The summed E-state index contributed by atoms with van der Waals surface area (Å²) < 4.78 is 25.6. The van der Waals surface area contributed by atoms with Gasteiger partial charge in [0.15, 0.2) is 0 Å². The molecule has 1 aliphatic rings. The van der Waals surface area contributed by atoms with Gasteiger partial charge in [-0.05, 0) is 31.0 Å². The molecule has 25 heavy (non-hydrogen) atoms. The van der Waals surface area contributed by atoms with E-state index < -0.39 is 10.0 Å². The van der Waals surface area contributed by atoms with Gasteiger partial charge in [0, 0.05) is 22.5 Å². The lowest BCUT2D eigenvalue weighted by Gasteiger charge is -2.21. The lowest BCUT2D eigenvalue weighted by atomic mass is 10.1. The molecule has 0 saturated carbocycles. The first-order chi connectivity index (χ1) is 11.9. The Morgan fingerprint density at radius 3 is 2.60 bits per heavy atom. The van der Waals surface area contributed by atoms with Crippen molar-refractivity contribution in [2.24, 2.45) is 0 Å². The van der Waals surface area contributed by atoms with Crippen LogP contribution in [0.25, 0.3) is 21.8 Å². The van der Waals surface area contributed by atoms with E-state index in [0.717, 1.165) is 39.5 Å². The molecule has 128 valence electrons. The van der Waals surface area contributed by atoms with Crippen molar-refractivity contribution >= 4 is 27.0 Å². The second kappa shape index (κ2) is 5.97. The van der Waals surface area contributed by atoms with E-state index in [1.807, 2.05) is 37.3 Å². The summed E-state index contributed by atoms with van der Waals surface area (Å²) in [4.78, 5) is 4.75. The normalized spacial score (nSPS) is 16.9. The van der Waals surface area contributed by atoms with Crippen LogP contribution in [-0.4, -0.2) is 25.7 Å². The number of fused-ring (bicyclic) bond motifs is 1. The van der Waals surface area contributed by atoms with Gasteiger partial charge in [0.2, 0.25) is 10.0 Å². The number of benzene rings is 2. The summed E-state index contributed by atoms with van der Waals surface area (Å²) in [6.45, 7) is 1.94. The first-order valence-electron chi connectivity index (χ1n) is 8.07. The number of aromatic nitrogens is 1. The molecule has 3 aromatic rings. The number of anilines is 1. The first-order valence-corrected chi connectivity index (χ1v) is 10.8. The predicted octanol–water partition coefficient (Wildman–Crippen LogP) is 4.19. The molecule has 2 heterocycles. The summed E-state index contributed by atoms with van der Waals surface area (Å²) in [5.74, 6) is 0. The first kappa shape index (κ1) is 16.3. The zero-order valence-electron chi connectivity index (χ0n) is 14.0. The van der Waals surface area contributed by atoms with E-state index in [2.05, 4.69) is 23.6 Å². The molecule has 2 aromatic carbocycles. The van der Waals surface area contributed by atoms with Crippen LogP contribution in [-0.2, 0) is 16.4 Å². The van der Waals surface area contributed by atoms with Gasteiger partial charge in [-0.3, -0.25) is 4.31 Å². The molecule has 4 nitrogen and oxygen atoms in total. The second-order valence-electron chi connectivity index (χ2n) is 6.36. The predicted molar refractivity (Wildman–Crippen MR) is 103 cm³/mol. The third kappa shape index (κ3) is 2.96. The smallest absolute Gasteiger partial charge is 0.232 e. The molecule has 0 saturated heterocycles. The Balaban J connectivity index is 1.71. The summed E-state index contributed by atoms with van der Waals surface area (Å²) in [6, 6.07) is 16.0. The molecule has 6 heteroatoms. The van der Waals surface area contributed by atoms with Crippen LogP contribution in [0.2, 0.25) is 0 Å². The molecule has 0 bridgehead atoms. The van der Waals surface area contributed by atoms with Crippen molar-refractivity contribution in [3.05, 3.63) is 59.5 Å². The standard InChI is InChI=1S/C19H18N2O2S2/c1-13-10-16-11-15(8-9-18(16)21(13)25(2,22)23)17-12-24-19(20-17)14-6-4-3-5-7-14/h3-9,11-13H,10H2,1-2H3. The van der Waals surface area contributed by atoms with Crippen LogP contribution < -0.4 is 4.31 Å². The maximum Gasteiger partial charge on any atom is 0.232 e. The van der Waals surface area contributed by atoms with Gasteiger partial charge in [0.1, 0.15) is 5.01 Å². The quantitative estimate of drug-likeness (QED) is 0.695. The van der Waals surface area contributed by atoms with E-state index in [9.17, 15) is 8.42 Å². The zero-order valence-corrected chi connectivity index (χ0v) is 15.6. The lowest BCUT2D eigenvalue weighted by Crippen LogP contribution is -2.34. The van der Waals surface area contributed by atoms with Crippen molar-refractivity contribution in [3.63, 3.8) is 0 Å². The molecule has 0 N–H and O–H groups in total. The number of hydrogen-bond donors (Lipinski definition) is 0. The van der Waals surface area contributed by atoms with Crippen LogP contribution in [0, 0.1) is 0 Å². The molecule has 0 radical (unpaired) electrons. The summed E-state index contributed by atoms with van der Waals surface area (Å²) in [6.07, 6.45) is 1.99. The molecule has 0 amide bonds. The van der Waals surface area contributed by atoms with Gasteiger partial charge in [-0.2, -0.15) is 0 Å². The summed E-state index contributed by atoms with van der Waals surface area (Å²) >= 11 is 1.62. The highest BCUT2D eigenvalue weighted by atomic mass is 32.2. The van der Waals surface area contributed by atoms with Crippen molar-refractivity contribution in [2.75, 3.05) is 10.6 Å². The maximum atomic E-state index is 12.0. The van der Waals surface area contributed by atoms with Crippen LogP contribution in [0.5, 0.6) is 0 Å². The molecule has 1 aliphatic heterocycles. The van der Waals surface area contributed by atoms with Gasteiger partial charge >= 0.3 is 0 Å². The van der Waals surface area contributed by atoms with E-state index in [1.54, 1.807) is 11.3 Å². The Kier molecular flexibility index (Phi) is 3.89. The monoisotopic (exact) mass is 370 g/mol. The molecule has 0 aliphatic carbocycles. The van der Waals surface area contributed by atoms with Crippen molar-refractivity contribution in [1.82, 2.24) is 4.98 Å². The topological polar surface area (TPSA) is 50.3 Å². The zero-order chi connectivity index (χ0) is 17.6. The lowest BCUT2D eigenvalue weighted by molar-refractivity contribution is 0.590. The third-order valence-corrected chi connectivity index (χ3v) is 6.57. The summed E-state index contributed by atoms with van der Waals surface area (Å²) in [5.41, 5.74) is 4.91. The highest BCUT2D eigenvalue weighted by molar-refractivity contribution is 7.92. The summed E-state index contributed by atoms with van der Waals surface area (Å²) in [5, 5.41) is 3.04. The van der Waals surface area contributed by atoms with Crippen molar-refractivity contribution in [1.29, 1.82) is 0 Å². The van der Waals surface area contributed by atoms with Crippen LogP contribution in [0.4, 0.5) is 5.69 Å². The van der Waals surface area contributed by atoms with Gasteiger partial charge in [-0.15, -0.1) is 11.3 Å². The van der Waals surface area contributed by atoms with E-state index in [1.165, 1.54) is 10.6 Å². The van der Waals surface area contributed by atoms with E-state index in [-0.39, 0.29) is 6.04 Å². The van der Waals surface area contributed by atoms with Crippen LogP contribution in [0.1, 0.15) is 12.5 Å². The highest BCUT2D eigenvalue weighted by Gasteiger charge is 2.32. The van der Waals surface area contributed by atoms with Crippen LogP contribution in [0.3, 0.4) is 0 Å². The molecule has 4 rings (SSSR count). The van der Waals surface area contributed by atoms with E-state index in [4.69, 9.17) is 4.98 Å². The number of rotatable bonds is 3. The number of thiazole rings is 1. The van der Waals surface area contributed by atoms with Crippen LogP contribution in [0.15, 0.2) is 53.9 Å². The Morgan fingerprint density at radius 1 is 1.12 bits per heavy atom. The largest absolute Gasteiger partial charge is 0.267 e.